The molecule has 0 aliphatic carbocycles. The van der Waals surface area contributed by atoms with Crippen molar-refractivity contribution in [3.8, 4) is 0 Å². The van der Waals surface area contributed by atoms with Gasteiger partial charge in [-0.05, 0) is 37.0 Å². The zero-order valence-electron chi connectivity index (χ0n) is 11.1. The maximum atomic E-state index is 12.4. The monoisotopic (exact) mass is 282 g/mol. The molecule has 0 bridgehead atoms. The number of carbonyl (C=O) groups is 1. The van der Waals surface area contributed by atoms with Gasteiger partial charge in [-0.3, -0.25) is 4.79 Å². The number of nitrogens with two attached hydrogens (primary N) is 1. The van der Waals surface area contributed by atoms with Crippen LogP contribution in [0.1, 0.15) is 23.2 Å². The summed E-state index contributed by atoms with van der Waals surface area (Å²) in [5.41, 5.74) is 6.76. The predicted octanol–water partition coefficient (Wildman–Crippen LogP) is 2.42. The van der Waals surface area contributed by atoms with Gasteiger partial charge in [0.25, 0.3) is 5.91 Å². The first-order chi connectivity index (χ1) is 9.11. The van der Waals surface area contributed by atoms with Crippen LogP contribution >= 0.6 is 11.6 Å². The van der Waals surface area contributed by atoms with Gasteiger partial charge in [0, 0.05) is 32.5 Å². The molecule has 0 atom stereocenters. The fourth-order valence-electron chi connectivity index (χ4n) is 2.42. The lowest BCUT2D eigenvalue weighted by Gasteiger charge is -2.32. The summed E-state index contributed by atoms with van der Waals surface area (Å²) in [6.45, 7) is 2.26. The molecule has 0 spiro atoms. The summed E-state index contributed by atoms with van der Waals surface area (Å²) in [5, 5.41) is 0.457. The molecule has 1 aromatic rings. The molecule has 2 N–H and O–H groups in total. The molecule has 4 nitrogen and oxygen atoms in total. The zero-order chi connectivity index (χ0) is 13.8. The highest BCUT2D eigenvalue weighted by Gasteiger charge is 2.24. The molecule has 104 valence electrons. The number of carbonyl (C=O) groups excluding carboxylic acids is 1. The van der Waals surface area contributed by atoms with Gasteiger partial charge < -0.3 is 15.4 Å². The molecule has 0 unspecified atom stereocenters. The van der Waals surface area contributed by atoms with Crippen molar-refractivity contribution in [1.29, 1.82) is 0 Å². The fourth-order valence-corrected chi connectivity index (χ4v) is 2.61. The van der Waals surface area contributed by atoms with Gasteiger partial charge in [0.15, 0.2) is 0 Å². The van der Waals surface area contributed by atoms with E-state index in [1.165, 1.54) is 0 Å². The number of amides is 1. The first kappa shape index (κ1) is 14.2. The van der Waals surface area contributed by atoms with Crippen LogP contribution in [0.25, 0.3) is 0 Å². The van der Waals surface area contributed by atoms with Crippen LogP contribution in [-0.4, -0.2) is 37.6 Å². The van der Waals surface area contributed by atoms with Gasteiger partial charge in [0.05, 0.1) is 10.6 Å². The molecule has 1 aliphatic rings. The number of ether oxygens (including phenoxy) is 1. The van der Waals surface area contributed by atoms with E-state index in [1.54, 1.807) is 25.3 Å². The molecular formula is C14H19ClN2O2. The molecule has 1 aliphatic heterocycles. The Hall–Kier alpha value is -1.26. The van der Waals surface area contributed by atoms with E-state index >= 15 is 0 Å². The number of rotatable bonds is 3. The summed E-state index contributed by atoms with van der Waals surface area (Å²) in [5.74, 6) is 0.513. The molecule has 0 aromatic heterocycles. The Morgan fingerprint density at radius 3 is 2.79 bits per heavy atom. The number of nitrogen functional groups attached to an aromatic ring is 1. The summed E-state index contributed by atoms with van der Waals surface area (Å²) < 4.78 is 5.16. The van der Waals surface area contributed by atoms with E-state index in [1.807, 2.05) is 4.90 Å². The molecular weight excluding hydrogens is 264 g/mol. The van der Waals surface area contributed by atoms with E-state index in [-0.39, 0.29) is 5.91 Å². The SMILES string of the molecule is COCC1CCN(C(=O)c2cc(N)ccc2Cl)CC1. The summed E-state index contributed by atoms with van der Waals surface area (Å²) in [4.78, 5) is 14.2. The van der Waals surface area contributed by atoms with Gasteiger partial charge in [0.2, 0.25) is 0 Å². The Labute approximate surface area is 118 Å². The van der Waals surface area contributed by atoms with Crippen LogP contribution in [0, 0.1) is 5.92 Å². The van der Waals surface area contributed by atoms with Crippen LogP contribution in [0.3, 0.4) is 0 Å². The van der Waals surface area contributed by atoms with Crippen molar-refractivity contribution in [1.82, 2.24) is 4.90 Å². The van der Waals surface area contributed by atoms with E-state index in [0.717, 1.165) is 32.5 Å². The van der Waals surface area contributed by atoms with E-state index in [0.29, 0.717) is 22.2 Å². The van der Waals surface area contributed by atoms with Crippen molar-refractivity contribution >= 4 is 23.2 Å². The lowest BCUT2D eigenvalue weighted by molar-refractivity contribution is 0.0614. The van der Waals surface area contributed by atoms with Crippen molar-refractivity contribution < 1.29 is 9.53 Å². The third kappa shape index (κ3) is 3.39. The van der Waals surface area contributed by atoms with Gasteiger partial charge in [0.1, 0.15) is 0 Å². The molecule has 2 rings (SSSR count). The van der Waals surface area contributed by atoms with Crippen LogP contribution in [0.15, 0.2) is 18.2 Å². The molecule has 19 heavy (non-hydrogen) atoms. The van der Waals surface area contributed by atoms with Crippen molar-refractivity contribution in [2.24, 2.45) is 5.92 Å². The van der Waals surface area contributed by atoms with E-state index in [9.17, 15) is 4.79 Å². The van der Waals surface area contributed by atoms with Crippen LogP contribution in [-0.2, 0) is 4.74 Å². The number of nitrogens with zero attached hydrogens (tertiary/aromatic N) is 1. The quantitative estimate of drug-likeness (QED) is 0.866. The lowest BCUT2D eigenvalue weighted by Crippen LogP contribution is -2.39. The van der Waals surface area contributed by atoms with Gasteiger partial charge in [-0.2, -0.15) is 0 Å². The summed E-state index contributed by atoms with van der Waals surface area (Å²) in [6, 6.07) is 5.01. The van der Waals surface area contributed by atoms with Crippen LogP contribution in [0.2, 0.25) is 5.02 Å². The molecule has 1 amide bonds. The number of hydrogen-bond acceptors (Lipinski definition) is 3. The molecule has 1 saturated heterocycles. The number of hydrogen-bond donors (Lipinski definition) is 1. The van der Waals surface area contributed by atoms with Crippen LogP contribution < -0.4 is 5.73 Å². The third-order valence-electron chi connectivity index (χ3n) is 3.52. The van der Waals surface area contributed by atoms with Gasteiger partial charge >= 0.3 is 0 Å². The third-order valence-corrected chi connectivity index (χ3v) is 3.85. The largest absolute Gasteiger partial charge is 0.399 e. The van der Waals surface area contributed by atoms with Crippen LogP contribution in [0.4, 0.5) is 5.69 Å². The Morgan fingerprint density at radius 1 is 1.47 bits per heavy atom. The van der Waals surface area contributed by atoms with Crippen molar-refractivity contribution in [2.75, 3.05) is 32.5 Å². The number of likely N-dealkylation sites (tertiary alicyclic amines) is 1. The fraction of sp³-hybridized carbons (Fsp3) is 0.500. The predicted molar refractivity (Wildman–Crippen MR) is 76.4 cm³/mol. The Bertz CT molecular complexity index is 457. The number of piperidine rings is 1. The Balaban J connectivity index is 2.03. The topological polar surface area (TPSA) is 55.6 Å². The second kappa shape index (κ2) is 6.26. The first-order valence-electron chi connectivity index (χ1n) is 6.45. The van der Waals surface area contributed by atoms with Gasteiger partial charge in [-0.1, -0.05) is 11.6 Å². The number of halogens is 1. The highest BCUT2D eigenvalue weighted by molar-refractivity contribution is 6.34. The minimum atomic E-state index is -0.0341. The second-order valence-electron chi connectivity index (χ2n) is 4.93. The average Bonchev–Trinajstić information content (AvgIpc) is 2.42. The molecule has 0 saturated carbocycles. The Kier molecular flexibility index (Phi) is 4.66. The number of anilines is 1. The highest BCUT2D eigenvalue weighted by atomic mass is 35.5. The molecule has 1 heterocycles. The minimum absolute atomic E-state index is 0.0341. The smallest absolute Gasteiger partial charge is 0.255 e. The van der Waals surface area contributed by atoms with Gasteiger partial charge in [-0.15, -0.1) is 0 Å². The van der Waals surface area contributed by atoms with E-state index in [2.05, 4.69) is 0 Å². The standard InChI is InChI=1S/C14H19ClN2O2/c1-19-9-10-4-6-17(7-5-10)14(18)12-8-11(16)2-3-13(12)15/h2-3,8,10H,4-7,9,16H2,1H3. The van der Waals surface area contributed by atoms with E-state index in [4.69, 9.17) is 22.1 Å². The van der Waals surface area contributed by atoms with Crippen molar-refractivity contribution in [2.45, 2.75) is 12.8 Å². The van der Waals surface area contributed by atoms with E-state index < -0.39 is 0 Å². The highest BCUT2D eigenvalue weighted by Crippen LogP contribution is 2.24. The molecule has 1 fully saturated rings. The summed E-state index contributed by atoms with van der Waals surface area (Å²) >= 11 is 6.07. The van der Waals surface area contributed by atoms with Gasteiger partial charge in [-0.25, -0.2) is 0 Å². The second-order valence-corrected chi connectivity index (χ2v) is 5.34. The maximum Gasteiger partial charge on any atom is 0.255 e. The molecule has 0 radical (unpaired) electrons. The zero-order valence-corrected chi connectivity index (χ0v) is 11.8. The summed E-state index contributed by atoms with van der Waals surface area (Å²) in [7, 11) is 1.71. The Morgan fingerprint density at radius 2 is 2.16 bits per heavy atom. The lowest BCUT2D eigenvalue weighted by atomic mass is 9.97. The average molecular weight is 283 g/mol. The first-order valence-corrected chi connectivity index (χ1v) is 6.83. The van der Waals surface area contributed by atoms with Crippen molar-refractivity contribution in [3.05, 3.63) is 28.8 Å². The minimum Gasteiger partial charge on any atom is -0.399 e. The molecule has 5 heteroatoms. The van der Waals surface area contributed by atoms with Crippen molar-refractivity contribution in [3.63, 3.8) is 0 Å². The molecule has 1 aromatic carbocycles. The number of methoxy groups -OCH3 is 1. The van der Waals surface area contributed by atoms with Crippen LogP contribution in [0.5, 0.6) is 0 Å². The summed E-state index contributed by atoms with van der Waals surface area (Å²) in [6.07, 6.45) is 1.94. The number of benzene rings is 1. The maximum absolute atomic E-state index is 12.4. The normalized spacial score (nSPS) is 16.6.